The number of rotatable bonds is 6. The van der Waals surface area contributed by atoms with Crippen LogP contribution in [0.5, 0.6) is 0 Å². The minimum absolute atomic E-state index is 0.147. The number of halogens is 1. The molecule has 21 heavy (non-hydrogen) atoms. The van der Waals surface area contributed by atoms with Crippen molar-refractivity contribution in [1.82, 2.24) is 4.90 Å². The van der Waals surface area contributed by atoms with Gasteiger partial charge in [0.25, 0.3) is 0 Å². The van der Waals surface area contributed by atoms with Gasteiger partial charge >= 0.3 is 0 Å². The summed E-state index contributed by atoms with van der Waals surface area (Å²) in [6.45, 7) is 3.25. The van der Waals surface area contributed by atoms with Crippen molar-refractivity contribution in [1.29, 1.82) is 0 Å². The van der Waals surface area contributed by atoms with Gasteiger partial charge in [-0.15, -0.1) is 0 Å². The average Bonchev–Trinajstić information content (AvgIpc) is 2.49. The predicted octanol–water partition coefficient (Wildman–Crippen LogP) is 4.22. The van der Waals surface area contributed by atoms with Crippen LogP contribution in [0.25, 0.3) is 0 Å². The van der Waals surface area contributed by atoms with Gasteiger partial charge in [-0.1, -0.05) is 54.9 Å². The topological polar surface area (TPSA) is 20.3 Å². The van der Waals surface area contributed by atoms with Crippen molar-refractivity contribution in [2.75, 3.05) is 13.6 Å². The van der Waals surface area contributed by atoms with Gasteiger partial charge in [0.1, 0.15) is 0 Å². The molecule has 3 heteroatoms. The third kappa shape index (κ3) is 4.69. The van der Waals surface area contributed by atoms with Gasteiger partial charge in [0, 0.05) is 17.1 Å². The molecule has 0 aromatic heterocycles. The Labute approximate surface area is 131 Å². The smallest absolute Gasteiger partial charge is 0.176 e. The summed E-state index contributed by atoms with van der Waals surface area (Å²) in [6.07, 6.45) is 0.991. The molecule has 2 aromatic carbocycles. The van der Waals surface area contributed by atoms with Crippen molar-refractivity contribution >= 4 is 17.4 Å². The molecule has 0 aliphatic heterocycles. The highest BCUT2D eigenvalue weighted by atomic mass is 35.5. The van der Waals surface area contributed by atoms with Gasteiger partial charge in [-0.2, -0.15) is 0 Å². The van der Waals surface area contributed by atoms with Gasteiger partial charge in [-0.3, -0.25) is 9.69 Å². The van der Waals surface area contributed by atoms with E-state index in [1.165, 1.54) is 5.56 Å². The van der Waals surface area contributed by atoms with E-state index >= 15 is 0 Å². The van der Waals surface area contributed by atoms with E-state index in [2.05, 4.69) is 6.92 Å². The lowest BCUT2D eigenvalue weighted by Crippen LogP contribution is -2.25. The third-order valence-corrected chi connectivity index (χ3v) is 3.72. The first-order valence-electron chi connectivity index (χ1n) is 7.13. The Kier molecular flexibility index (Phi) is 5.54. The number of likely N-dealkylation sites (N-methyl/N-ethyl adjacent to an activating group) is 1. The van der Waals surface area contributed by atoms with E-state index in [9.17, 15) is 4.79 Å². The number of hydrogen-bond acceptors (Lipinski definition) is 2. The molecular formula is C18H20ClNO. The molecule has 0 saturated carbocycles. The van der Waals surface area contributed by atoms with E-state index in [1.54, 1.807) is 0 Å². The summed E-state index contributed by atoms with van der Waals surface area (Å²) in [4.78, 5) is 14.2. The van der Waals surface area contributed by atoms with Crippen LogP contribution in [-0.2, 0) is 13.0 Å². The molecule has 2 nitrogen and oxygen atoms in total. The fraction of sp³-hybridized carbons (Fsp3) is 0.278. The number of benzene rings is 2. The highest BCUT2D eigenvalue weighted by Gasteiger charge is 2.09. The highest BCUT2D eigenvalue weighted by Crippen LogP contribution is 2.12. The fourth-order valence-electron chi connectivity index (χ4n) is 2.22. The lowest BCUT2D eigenvalue weighted by Gasteiger charge is -2.16. The van der Waals surface area contributed by atoms with Crippen LogP contribution in [-0.4, -0.2) is 24.3 Å². The standard InChI is InChI=1S/C18H20ClNO/c1-3-14-4-8-16(9-5-14)18(21)13-20(2)12-15-6-10-17(19)11-7-15/h4-11H,3,12-13H2,1-2H3. The molecule has 2 aromatic rings. The lowest BCUT2D eigenvalue weighted by molar-refractivity contribution is 0.0943. The normalized spacial score (nSPS) is 10.9. The summed E-state index contributed by atoms with van der Waals surface area (Å²) >= 11 is 5.87. The molecular weight excluding hydrogens is 282 g/mol. The van der Waals surface area contributed by atoms with Crippen molar-refractivity contribution in [3.05, 3.63) is 70.2 Å². The Morgan fingerprint density at radius 3 is 2.14 bits per heavy atom. The summed E-state index contributed by atoms with van der Waals surface area (Å²) < 4.78 is 0. The number of carbonyl (C=O) groups is 1. The Bertz CT molecular complexity index is 590. The molecule has 0 atom stereocenters. The first-order valence-corrected chi connectivity index (χ1v) is 7.51. The van der Waals surface area contributed by atoms with Crippen LogP contribution in [0.1, 0.15) is 28.4 Å². The Morgan fingerprint density at radius 1 is 1.00 bits per heavy atom. The zero-order chi connectivity index (χ0) is 15.2. The second-order valence-corrected chi connectivity index (χ2v) is 5.71. The molecule has 0 bridgehead atoms. The number of nitrogens with zero attached hydrogens (tertiary/aromatic N) is 1. The van der Waals surface area contributed by atoms with Gasteiger partial charge < -0.3 is 0 Å². The number of aryl methyl sites for hydroxylation is 1. The van der Waals surface area contributed by atoms with E-state index in [0.29, 0.717) is 6.54 Å². The van der Waals surface area contributed by atoms with Crippen molar-refractivity contribution in [2.45, 2.75) is 19.9 Å². The molecule has 0 amide bonds. The van der Waals surface area contributed by atoms with Crippen molar-refractivity contribution in [2.24, 2.45) is 0 Å². The minimum Gasteiger partial charge on any atom is -0.295 e. The number of Topliss-reactive ketones (excluding diaryl/α,β-unsaturated/α-hetero) is 1. The molecule has 0 aliphatic rings. The van der Waals surface area contributed by atoms with Crippen LogP contribution in [0.15, 0.2) is 48.5 Å². The SMILES string of the molecule is CCc1ccc(C(=O)CN(C)Cc2ccc(Cl)cc2)cc1. The van der Waals surface area contributed by atoms with Gasteiger partial charge in [-0.05, 0) is 36.7 Å². The fourth-order valence-corrected chi connectivity index (χ4v) is 2.35. The maximum atomic E-state index is 12.2. The first kappa shape index (κ1) is 15.7. The van der Waals surface area contributed by atoms with E-state index in [4.69, 9.17) is 11.6 Å². The van der Waals surface area contributed by atoms with Crippen molar-refractivity contribution < 1.29 is 4.79 Å². The average molecular weight is 302 g/mol. The second kappa shape index (κ2) is 7.39. The molecule has 110 valence electrons. The third-order valence-electron chi connectivity index (χ3n) is 3.46. The van der Waals surface area contributed by atoms with Gasteiger partial charge in [0.15, 0.2) is 5.78 Å². The van der Waals surface area contributed by atoms with Crippen LogP contribution in [0.4, 0.5) is 0 Å². The number of carbonyl (C=O) groups excluding carboxylic acids is 1. The Balaban J connectivity index is 1.93. The molecule has 0 saturated heterocycles. The molecule has 0 spiro atoms. The molecule has 0 radical (unpaired) electrons. The summed E-state index contributed by atoms with van der Waals surface area (Å²) in [5, 5.41) is 0.730. The summed E-state index contributed by atoms with van der Waals surface area (Å²) in [5.74, 6) is 0.147. The quantitative estimate of drug-likeness (QED) is 0.745. The van der Waals surface area contributed by atoms with Crippen molar-refractivity contribution in [3.8, 4) is 0 Å². The van der Waals surface area contributed by atoms with Crippen LogP contribution in [0, 0.1) is 0 Å². The maximum Gasteiger partial charge on any atom is 0.176 e. The second-order valence-electron chi connectivity index (χ2n) is 5.27. The first-order chi connectivity index (χ1) is 10.1. The van der Waals surface area contributed by atoms with Crippen LogP contribution in [0.3, 0.4) is 0 Å². The molecule has 2 rings (SSSR count). The van der Waals surface area contributed by atoms with Crippen LogP contribution >= 0.6 is 11.6 Å². The molecule has 0 heterocycles. The lowest BCUT2D eigenvalue weighted by atomic mass is 10.1. The van der Waals surface area contributed by atoms with Crippen LogP contribution in [0.2, 0.25) is 5.02 Å². The van der Waals surface area contributed by atoms with Gasteiger partial charge in [-0.25, -0.2) is 0 Å². The minimum atomic E-state index is 0.147. The maximum absolute atomic E-state index is 12.2. The summed E-state index contributed by atoms with van der Waals surface area (Å²) in [6, 6.07) is 15.6. The molecule has 0 unspecified atom stereocenters. The largest absolute Gasteiger partial charge is 0.295 e. The van der Waals surface area contributed by atoms with Gasteiger partial charge in [0.05, 0.1) is 6.54 Å². The molecule has 0 N–H and O–H groups in total. The number of hydrogen-bond donors (Lipinski definition) is 0. The van der Waals surface area contributed by atoms with Crippen LogP contribution < -0.4 is 0 Å². The van der Waals surface area contributed by atoms with E-state index in [1.807, 2.05) is 60.5 Å². The summed E-state index contributed by atoms with van der Waals surface area (Å²) in [5.41, 5.74) is 3.17. The van der Waals surface area contributed by atoms with Crippen molar-refractivity contribution in [3.63, 3.8) is 0 Å². The molecule has 0 fully saturated rings. The zero-order valence-corrected chi connectivity index (χ0v) is 13.2. The van der Waals surface area contributed by atoms with Gasteiger partial charge in [0.2, 0.25) is 0 Å². The Morgan fingerprint density at radius 2 is 1.57 bits per heavy atom. The summed E-state index contributed by atoms with van der Waals surface area (Å²) in [7, 11) is 1.95. The highest BCUT2D eigenvalue weighted by molar-refractivity contribution is 6.30. The zero-order valence-electron chi connectivity index (χ0n) is 12.5. The Hall–Kier alpha value is -1.64. The van der Waals surface area contributed by atoms with E-state index in [-0.39, 0.29) is 5.78 Å². The monoisotopic (exact) mass is 301 g/mol. The van der Waals surface area contributed by atoms with E-state index < -0.39 is 0 Å². The predicted molar refractivity (Wildman–Crippen MR) is 87.9 cm³/mol. The number of ketones is 1. The van der Waals surface area contributed by atoms with E-state index in [0.717, 1.165) is 29.1 Å². The molecule has 0 aliphatic carbocycles.